The SMILES string of the molecule is CCCCCCC/C=C\C/C=C\C/C=C\CCCCCCCCCCC(=O)OC(COC(=O)CCCCCCCCCC)COC(=O)CCCCCCCCCCCCCCCCCCCCCCCCCCCCCC. The summed E-state index contributed by atoms with van der Waals surface area (Å²) >= 11 is 0. The molecule has 0 aromatic heterocycles. The van der Waals surface area contributed by atoms with E-state index in [0.29, 0.717) is 19.3 Å². The van der Waals surface area contributed by atoms with Crippen molar-refractivity contribution >= 4 is 17.9 Å². The highest BCUT2D eigenvalue weighted by molar-refractivity contribution is 5.71. The quantitative estimate of drug-likeness (QED) is 0.0261. The van der Waals surface area contributed by atoms with Crippen LogP contribution in [0.3, 0.4) is 0 Å². The lowest BCUT2D eigenvalue weighted by atomic mass is 10.0. The molecule has 0 rings (SSSR count). The lowest BCUT2D eigenvalue weighted by molar-refractivity contribution is -0.167. The standard InChI is InChI=1S/C71H132O6/c1-4-7-10-13-16-19-21-23-25-27-29-31-33-34-35-36-37-39-40-42-44-46-48-50-52-55-58-61-64-70(73)76-67-68(66-75-69(72)63-60-57-54-18-15-12-9-6-3)77-71(74)65-62-59-56-53-51-49-47-45-43-41-38-32-30-28-26-24-22-20-17-14-11-8-5-2/h22,24,28,30,38,41,68H,4-21,23,25-27,29,31-37,39-40,42-67H2,1-3H3/b24-22-,30-28-,41-38-. The summed E-state index contributed by atoms with van der Waals surface area (Å²) < 4.78 is 16.9. The van der Waals surface area contributed by atoms with Gasteiger partial charge in [-0.2, -0.15) is 0 Å². The molecule has 0 aromatic carbocycles. The summed E-state index contributed by atoms with van der Waals surface area (Å²) in [5.41, 5.74) is 0. The van der Waals surface area contributed by atoms with Gasteiger partial charge in [-0.15, -0.1) is 0 Å². The lowest BCUT2D eigenvalue weighted by Gasteiger charge is -2.18. The van der Waals surface area contributed by atoms with Gasteiger partial charge in [0.15, 0.2) is 6.10 Å². The Balaban J connectivity index is 4.09. The minimum absolute atomic E-state index is 0.0702. The molecule has 0 radical (unpaired) electrons. The third-order valence-corrected chi connectivity index (χ3v) is 15.6. The summed E-state index contributed by atoms with van der Waals surface area (Å²) in [6, 6.07) is 0. The van der Waals surface area contributed by atoms with Crippen LogP contribution in [-0.2, 0) is 28.6 Å². The second-order valence-electron chi connectivity index (χ2n) is 23.5. The van der Waals surface area contributed by atoms with E-state index in [1.165, 1.54) is 263 Å². The molecule has 1 unspecified atom stereocenters. The summed E-state index contributed by atoms with van der Waals surface area (Å²) in [4.78, 5) is 38.2. The summed E-state index contributed by atoms with van der Waals surface area (Å²) in [7, 11) is 0. The topological polar surface area (TPSA) is 78.9 Å². The summed E-state index contributed by atoms with van der Waals surface area (Å²) in [5, 5.41) is 0. The highest BCUT2D eigenvalue weighted by atomic mass is 16.6. The molecule has 6 heteroatoms. The maximum absolute atomic E-state index is 12.9. The van der Waals surface area contributed by atoms with Crippen LogP contribution in [0.25, 0.3) is 0 Å². The van der Waals surface area contributed by atoms with Crippen LogP contribution in [0.1, 0.15) is 380 Å². The van der Waals surface area contributed by atoms with E-state index >= 15 is 0 Å². The molecule has 0 aromatic rings. The molecule has 0 fully saturated rings. The Morgan fingerprint density at radius 1 is 0.260 bits per heavy atom. The van der Waals surface area contributed by atoms with Gasteiger partial charge in [-0.1, -0.05) is 340 Å². The van der Waals surface area contributed by atoms with E-state index in [1.54, 1.807) is 0 Å². The molecule has 0 aliphatic heterocycles. The van der Waals surface area contributed by atoms with Gasteiger partial charge in [0, 0.05) is 19.3 Å². The fourth-order valence-electron chi connectivity index (χ4n) is 10.5. The Morgan fingerprint density at radius 3 is 0.727 bits per heavy atom. The Bertz CT molecular complexity index is 1290. The summed E-state index contributed by atoms with van der Waals surface area (Å²) in [6.07, 6.45) is 81.9. The van der Waals surface area contributed by atoms with Crippen molar-refractivity contribution in [3.8, 4) is 0 Å². The molecule has 0 aliphatic rings. The van der Waals surface area contributed by atoms with E-state index in [4.69, 9.17) is 14.2 Å². The van der Waals surface area contributed by atoms with E-state index in [0.717, 1.165) is 77.0 Å². The van der Waals surface area contributed by atoms with Gasteiger partial charge in [0.05, 0.1) is 0 Å². The zero-order valence-electron chi connectivity index (χ0n) is 52.0. The smallest absolute Gasteiger partial charge is 0.306 e. The molecule has 0 heterocycles. The summed E-state index contributed by atoms with van der Waals surface area (Å²) in [5.74, 6) is -0.858. The third-order valence-electron chi connectivity index (χ3n) is 15.6. The minimum Gasteiger partial charge on any atom is -0.462 e. The molecule has 0 saturated heterocycles. The van der Waals surface area contributed by atoms with Crippen molar-refractivity contribution in [2.75, 3.05) is 13.2 Å². The number of hydrogen-bond donors (Lipinski definition) is 0. The molecular weight excluding hydrogens is 949 g/mol. The molecule has 0 aliphatic carbocycles. The lowest BCUT2D eigenvalue weighted by Crippen LogP contribution is -2.30. The highest BCUT2D eigenvalue weighted by Gasteiger charge is 2.19. The van der Waals surface area contributed by atoms with Gasteiger partial charge < -0.3 is 14.2 Å². The molecule has 0 saturated carbocycles. The zero-order chi connectivity index (χ0) is 55.7. The fourth-order valence-corrected chi connectivity index (χ4v) is 10.5. The molecule has 0 amide bonds. The van der Waals surface area contributed by atoms with Gasteiger partial charge in [-0.25, -0.2) is 0 Å². The van der Waals surface area contributed by atoms with Crippen molar-refractivity contribution in [1.82, 2.24) is 0 Å². The molecular formula is C71H132O6. The van der Waals surface area contributed by atoms with Crippen molar-refractivity contribution in [1.29, 1.82) is 0 Å². The number of ether oxygens (including phenoxy) is 3. The average Bonchev–Trinajstić information content (AvgIpc) is 3.43. The molecule has 6 nitrogen and oxygen atoms in total. The zero-order valence-corrected chi connectivity index (χ0v) is 52.0. The van der Waals surface area contributed by atoms with Crippen molar-refractivity contribution in [2.45, 2.75) is 386 Å². The first-order valence-electron chi connectivity index (χ1n) is 34.5. The van der Waals surface area contributed by atoms with Crippen LogP contribution >= 0.6 is 0 Å². The van der Waals surface area contributed by atoms with Crippen LogP contribution < -0.4 is 0 Å². The molecule has 0 bridgehead atoms. The second-order valence-corrected chi connectivity index (χ2v) is 23.5. The van der Waals surface area contributed by atoms with Crippen LogP contribution in [0.2, 0.25) is 0 Å². The molecule has 452 valence electrons. The van der Waals surface area contributed by atoms with Gasteiger partial charge in [-0.3, -0.25) is 14.4 Å². The monoisotopic (exact) mass is 1080 g/mol. The largest absolute Gasteiger partial charge is 0.462 e. The first-order chi connectivity index (χ1) is 38.0. The normalized spacial score (nSPS) is 12.2. The molecule has 0 spiro atoms. The van der Waals surface area contributed by atoms with Crippen LogP contribution in [0, 0.1) is 0 Å². The van der Waals surface area contributed by atoms with Gasteiger partial charge >= 0.3 is 17.9 Å². The number of allylic oxidation sites excluding steroid dienone is 6. The minimum atomic E-state index is -0.772. The Morgan fingerprint density at radius 2 is 0.468 bits per heavy atom. The molecule has 77 heavy (non-hydrogen) atoms. The first kappa shape index (κ1) is 74.6. The Hall–Kier alpha value is -2.37. The van der Waals surface area contributed by atoms with Crippen molar-refractivity contribution in [3.05, 3.63) is 36.5 Å². The van der Waals surface area contributed by atoms with Crippen LogP contribution in [-0.4, -0.2) is 37.2 Å². The summed E-state index contributed by atoms with van der Waals surface area (Å²) in [6.45, 7) is 6.66. The van der Waals surface area contributed by atoms with Gasteiger partial charge in [0.1, 0.15) is 13.2 Å². The van der Waals surface area contributed by atoms with Gasteiger partial charge in [0.2, 0.25) is 0 Å². The van der Waals surface area contributed by atoms with Gasteiger partial charge in [-0.05, 0) is 57.8 Å². The molecule has 1 atom stereocenters. The molecule has 0 N–H and O–H groups in total. The Labute approximate surface area is 480 Å². The van der Waals surface area contributed by atoms with E-state index in [1.807, 2.05) is 0 Å². The van der Waals surface area contributed by atoms with E-state index in [9.17, 15) is 14.4 Å². The van der Waals surface area contributed by atoms with Crippen molar-refractivity contribution in [3.63, 3.8) is 0 Å². The average molecular weight is 1080 g/mol. The predicted octanol–water partition coefficient (Wildman–Crippen LogP) is 23.6. The van der Waals surface area contributed by atoms with E-state index in [-0.39, 0.29) is 31.1 Å². The first-order valence-corrected chi connectivity index (χ1v) is 34.5. The maximum Gasteiger partial charge on any atom is 0.306 e. The number of hydrogen-bond acceptors (Lipinski definition) is 6. The Kier molecular flexibility index (Phi) is 64.1. The third kappa shape index (κ3) is 64.3. The second kappa shape index (κ2) is 66.1. The van der Waals surface area contributed by atoms with E-state index < -0.39 is 6.10 Å². The van der Waals surface area contributed by atoms with Gasteiger partial charge in [0.25, 0.3) is 0 Å². The number of rotatable bonds is 64. The van der Waals surface area contributed by atoms with E-state index in [2.05, 4.69) is 57.2 Å². The predicted molar refractivity (Wildman–Crippen MR) is 335 cm³/mol. The van der Waals surface area contributed by atoms with Crippen molar-refractivity contribution in [2.24, 2.45) is 0 Å². The van der Waals surface area contributed by atoms with Crippen molar-refractivity contribution < 1.29 is 28.6 Å². The van der Waals surface area contributed by atoms with Crippen LogP contribution in [0.4, 0.5) is 0 Å². The fraction of sp³-hybridized carbons (Fsp3) is 0.873. The van der Waals surface area contributed by atoms with Crippen LogP contribution in [0.15, 0.2) is 36.5 Å². The highest BCUT2D eigenvalue weighted by Crippen LogP contribution is 2.18. The number of esters is 3. The number of carbonyl (C=O) groups excluding carboxylic acids is 3. The number of carbonyl (C=O) groups is 3. The maximum atomic E-state index is 12.9. The number of unbranched alkanes of at least 4 members (excludes halogenated alkanes) is 47. The van der Waals surface area contributed by atoms with Crippen LogP contribution in [0.5, 0.6) is 0 Å².